The van der Waals surface area contributed by atoms with Crippen LogP contribution in [0.25, 0.3) is 11.1 Å². The van der Waals surface area contributed by atoms with Crippen LogP contribution < -0.4 is 10.1 Å². The number of ether oxygens (including phenoxy) is 2. The number of hydrogen-bond donors (Lipinski definition) is 3. The van der Waals surface area contributed by atoms with Gasteiger partial charge >= 0.3 is 12.2 Å². The Morgan fingerprint density at radius 3 is 2.03 bits per heavy atom. The van der Waals surface area contributed by atoms with Crippen LogP contribution in [0.3, 0.4) is 0 Å². The summed E-state index contributed by atoms with van der Waals surface area (Å²) in [6.45, 7) is 0.125. The lowest BCUT2D eigenvalue weighted by atomic mass is 10.0. The maximum atomic E-state index is 11.9. The van der Waals surface area contributed by atoms with E-state index in [-0.39, 0.29) is 18.2 Å². The van der Waals surface area contributed by atoms with E-state index < -0.39 is 12.2 Å². The minimum Gasteiger partial charge on any atom is -0.449 e. The Morgan fingerprint density at radius 2 is 1.45 bits per heavy atom. The molecule has 0 saturated heterocycles. The van der Waals surface area contributed by atoms with Gasteiger partial charge in [-0.15, -0.1) is 0 Å². The summed E-state index contributed by atoms with van der Waals surface area (Å²) < 4.78 is 9.68. The van der Waals surface area contributed by atoms with E-state index in [0.29, 0.717) is 5.56 Å². The van der Waals surface area contributed by atoms with E-state index in [1.54, 1.807) is 48.5 Å². The molecular weight excluding hydrogens is 372 g/mol. The average Bonchev–Trinajstić information content (AvgIpc) is 2.73. The zero-order valence-electron chi connectivity index (χ0n) is 15.3. The van der Waals surface area contributed by atoms with Gasteiger partial charge in [0.25, 0.3) is 0 Å². The normalized spacial score (nSPS) is 10.1. The van der Waals surface area contributed by atoms with Crippen molar-refractivity contribution < 1.29 is 24.2 Å². The standard InChI is InChI=1S/C22H18N2O5/c23-20(24-21(25)28-14-15-4-2-1-3-5-15)18-8-6-16(7-9-18)17-10-12-19(13-11-17)29-22(26)27/h1-13H,14H2,(H,26,27)(H2,23,24,25). The number of rotatable bonds is 5. The molecule has 1 amide bonds. The van der Waals surface area contributed by atoms with E-state index in [1.165, 1.54) is 0 Å². The minimum absolute atomic E-state index is 0.0696. The van der Waals surface area contributed by atoms with Crippen molar-refractivity contribution in [1.29, 1.82) is 5.41 Å². The zero-order valence-corrected chi connectivity index (χ0v) is 15.3. The molecule has 0 aromatic heterocycles. The lowest BCUT2D eigenvalue weighted by Gasteiger charge is -2.09. The molecule has 3 N–H and O–H groups in total. The first-order valence-corrected chi connectivity index (χ1v) is 8.69. The molecule has 0 aliphatic rings. The van der Waals surface area contributed by atoms with Crippen LogP contribution in [0.1, 0.15) is 11.1 Å². The van der Waals surface area contributed by atoms with Crippen molar-refractivity contribution in [2.75, 3.05) is 0 Å². The fourth-order valence-corrected chi connectivity index (χ4v) is 2.58. The highest BCUT2D eigenvalue weighted by Gasteiger charge is 2.09. The molecule has 3 aromatic rings. The smallest absolute Gasteiger partial charge is 0.449 e. The van der Waals surface area contributed by atoms with Crippen LogP contribution in [0.15, 0.2) is 78.9 Å². The van der Waals surface area contributed by atoms with Gasteiger partial charge in [-0.05, 0) is 28.8 Å². The van der Waals surface area contributed by atoms with Crippen molar-refractivity contribution in [2.45, 2.75) is 6.61 Å². The van der Waals surface area contributed by atoms with Crippen LogP contribution in [-0.4, -0.2) is 23.2 Å². The largest absolute Gasteiger partial charge is 0.511 e. The van der Waals surface area contributed by atoms with Crippen LogP contribution in [0.4, 0.5) is 9.59 Å². The van der Waals surface area contributed by atoms with Crippen LogP contribution in [0.2, 0.25) is 0 Å². The molecule has 0 saturated carbocycles. The Labute approximate surface area is 167 Å². The summed E-state index contributed by atoms with van der Waals surface area (Å²) >= 11 is 0. The number of amidine groups is 1. The van der Waals surface area contributed by atoms with Gasteiger partial charge < -0.3 is 14.6 Å². The summed E-state index contributed by atoms with van der Waals surface area (Å²) in [5, 5.41) is 19.0. The van der Waals surface area contributed by atoms with E-state index in [9.17, 15) is 9.59 Å². The Bertz CT molecular complexity index is 1000. The number of carbonyl (C=O) groups excluding carboxylic acids is 1. The van der Waals surface area contributed by atoms with Gasteiger partial charge in [0.2, 0.25) is 0 Å². The molecule has 0 bridgehead atoms. The van der Waals surface area contributed by atoms with Gasteiger partial charge in [0.05, 0.1) is 0 Å². The van der Waals surface area contributed by atoms with Crippen molar-refractivity contribution in [2.24, 2.45) is 0 Å². The van der Waals surface area contributed by atoms with Crippen LogP contribution in [-0.2, 0) is 11.3 Å². The monoisotopic (exact) mass is 390 g/mol. The molecule has 7 nitrogen and oxygen atoms in total. The van der Waals surface area contributed by atoms with E-state index in [2.05, 4.69) is 10.1 Å². The summed E-state index contributed by atoms with van der Waals surface area (Å²) in [5.41, 5.74) is 3.11. The van der Waals surface area contributed by atoms with Gasteiger partial charge in [0, 0.05) is 5.56 Å². The highest BCUT2D eigenvalue weighted by molar-refractivity contribution is 6.04. The fourth-order valence-electron chi connectivity index (χ4n) is 2.58. The molecule has 0 aliphatic carbocycles. The first kappa shape index (κ1) is 19.6. The van der Waals surface area contributed by atoms with Crippen molar-refractivity contribution in [3.8, 4) is 16.9 Å². The van der Waals surface area contributed by atoms with Crippen LogP contribution in [0.5, 0.6) is 5.75 Å². The first-order valence-electron chi connectivity index (χ1n) is 8.69. The third kappa shape index (κ3) is 5.67. The number of alkyl carbamates (subject to hydrolysis) is 1. The number of nitrogens with one attached hydrogen (secondary N) is 2. The maximum Gasteiger partial charge on any atom is 0.511 e. The van der Waals surface area contributed by atoms with Gasteiger partial charge in [0.1, 0.15) is 18.2 Å². The summed E-state index contributed by atoms with van der Waals surface area (Å²) in [4.78, 5) is 22.4. The second-order valence-corrected chi connectivity index (χ2v) is 6.03. The molecule has 146 valence electrons. The quantitative estimate of drug-likeness (QED) is 0.254. The number of hydrogen-bond acceptors (Lipinski definition) is 5. The van der Waals surface area contributed by atoms with Gasteiger partial charge in [-0.25, -0.2) is 9.59 Å². The van der Waals surface area contributed by atoms with Crippen molar-refractivity contribution >= 4 is 18.1 Å². The molecule has 29 heavy (non-hydrogen) atoms. The van der Waals surface area contributed by atoms with Gasteiger partial charge in [-0.1, -0.05) is 66.7 Å². The predicted molar refractivity (Wildman–Crippen MR) is 107 cm³/mol. The minimum atomic E-state index is -1.37. The van der Waals surface area contributed by atoms with Crippen LogP contribution in [0, 0.1) is 5.41 Å². The fraction of sp³-hybridized carbons (Fsp3) is 0.0455. The number of carboxylic acid groups (broad SMARTS) is 1. The number of benzene rings is 3. The first-order chi connectivity index (χ1) is 14.0. The van der Waals surface area contributed by atoms with E-state index in [0.717, 1.165) is 16.7 Å². The molecule has 0 heterocycles. The molecule has 3 aromatic carbocycles. The summed E-state index contributed by atoms with van der Waals surface area (Å²) in [5.74, 6) is 0.165. The molecular formula is C22H18N2O5. The highest BCUT2D eigenvalue weighted by atomic mass is 16.7. The summed E-state index contributed by atoms with van der Waals surface area (Å²) in [7, 11) is 0. The Morgan fingerprint density at radius 1 is 0.862 bits per heavy atom. The van der Waals surface area contributed by atoms with E-state index in [1.807, 2.05) is 30.3 Å². The molecule has 0 unspecified atom stereocenters. The maximum absolute atomic E-state index is 11.9. The summed E-state index contributed by atoms with van der Waals surface area (Å²) in [6.07, 6.45) is -2.06. The van der Waals surface area contributed by atoms with Gasteiger partial charge in [-0.3, -0.25) is 10.7 Å². The molecule has 0 radical (unpaired) electrons. The van der Waals surface area contributed by atoms with Gasteiger partial charge in [-0.2, -0.15) is 0 Å². The second-order valence-electron chi connectivity index (χ2n) is 6.03. The molecule has 3 rings (SSSR count). The van der Waals surface area contributed by atoms with Crippen molar-refractivity contribution in [3.63, 3.8) is 0 Å². The molecule has 0 aliphatic heterocycles. The second kappa shape index (κ2) is 9.18. The zero-order chi connectivity index (χ0) is 20.6. The van der Waals surface area contributed by atoms with Crippen molar-refractivity contribution in [3.05, 3.63) is 90.0 Å². The topological polar surface area (TPSA) is 109 Å². The molecule has 0 atom stereocenters. The number of amides is 1. The van der Waals surface area contributed by atoms with Crippen molar-refractivity contribution in [1.82, 2.24) is 5.32 Å². The Kier molecular flexibility index (Phi) is 6.22. The lowest BCUT2D eigenvalue weighted by Crippen LogP contribution is -2.30. The lowest BCUT2D eigenvalue weighted by molar-refractivity contribution is 0.143. The third-order valence-electron chi connectivity index (χ3n) is 4.01. The molecule has 0 spiro atoms. The Hall–Kier alpha value is -4.13. The highest BCUT2D eigenvalue weighted by Crippen LogP contribution is 2.23. The number of carbonyl (C=O) groups is 2. The van der Waals surface area contributed by atoms with E-state index in [4.69, 9.17) is 15.3 Å². The van der Waals surface area contributed by atoms with Gasteiger partial charge in [0.15, 0.2) is 0 Å². The Balaban J connectivity index is 1.57. The third-order valence-corrected chi connectivity index (χ3v) is 4.01. The average molecular weight is 390 g/mol. The summed E-state index contributed by atoms with van der Waals surface area (Å²) in [6, 6.07) is 22.9. The molecule has 0 fully saturated rings. The van der Waals surface area contributed by atoms with Crippen LogP contribution >= 0.6 is 0 Å². The predicted octanol–water partition coefficient (Wildman–Crippen LogP) is 4.66. The van der Waals surface area contributed by atoms with E-state index >= 15 is 0 Å². The molecule has 7 heteroatoms. The SMILES string of the molecule is N=C(NC(=O)OCc1ccccc1)c1ccc(-c2ccc(OC(=O)O)cc2)cc1.